The summed E-state index contributed by atoms with van der Waals surface area (Å²) in [6, 6.07) is 0. The molecule has 34 heavy (non-hydrogen) atoms. The molecule has 2 N–H and O–H groups in total. The van der Waals surface area contributed by atoms with Crippen LogP contribution in [-0.2, 0) is 23.7 Å². The summed E-state index contributed by atoms with van der Waals surface area (Å²) in [4.78, 5) is 30.8. The van der Waals surface area contributed by atoms with Crippen LogP contribution in [0.25, 0.3) is 11.2 Å². The molecule has 0 bridgehead atoms. The van der Waals surface area contributed by atoms with E-state index < -0.39 is 21.1 Å². The lowest BCUT2D eigenvalue weighted by Crippen LogP contribution is -2.29. The number of rotatable bonds is 17. The first-order valence-electron chi connectivity index (χ1n) is 12.8. The van der Waals surface area contributed by atoms with Crippen molar-refractivity contribution in [2.24, 2.45) is 7.05 Å². The minimum atomic E-state index is -3.87. The maximum Gasteiger partial charge on any atom is 0.329 e. The highest BCUT2D eigenvalue weighted by Gasteiger charge is 2.16. The summed E-state index contributed by atoms with van der Waals surface area (Å²) in [6.07, 6.45) is 15.5. The fourth-order valence-electron chi connectivity index (χ4n) is 4.41. The topological polar surface area (TPSA) is 127 Å². The van der Waals surface area contributed by atoms with E-state index in [1.165, 1.54) is 55.9 Å². The minimum Gasteiger partial charge on any atom is -0.322 e. The Hall–Kier alpha value is -1.94. The highest BCUT2D eigenvalue weighted by molar-refractivity contribution is 7.86. The molecule has 0 aromatic carbocycles. The van der Waals surface area contributed by atoms with Crippen LogP contribution in [-0.4, -0.2) is 37.3 Å². The molecule has 1 atom stereocenters. The molecule has 9 nitrogen and oxygen atoms in total. The lowest BCUT2D eigenvalue weighted by Gasteiger charge is -2.07. The number of nitrogens with zero attached hydrogens (tertiary/aromatic N) is 3. The molecule has 0 aliphatic carbocycles. The summed E-state index contributed by atoms with van der Waals surface area (Å²) in [5.74, 6) is 0.759. The van der Waals surface area contributed by atoms with Crippen molar-refractivity contribution in [2.45, 2.75) is 116 Å². The zero-order chi connectivity index (χ0) is 25.1. The van der Waals surface area contributed by atoms with Crippen LogP contribution in [0.5, 0.6) is 0 Å². The summed E-state index contributed by atoms with van der Waals surface area (Å²) >= 11 is 0. The third-order valence-corrected chi connectivity index (χ3v) is 7.95. The van der Waals surface area contributed by atoms with Gasteiger partial charge in [0, 0.05) is 13.6 Å². The van der Waals surface area contributed by atoms with Crippen molar-refractivity contribution in [1.82, 2.24) is 19.1 Å². The second kappa shape index (κ2) is 13.8. The quantitative estimate of drug-likeness (QED) is 0.245. The molecule has 0 spiro atoms. The van der Waals surface area contributed by atoms with Crippen LogP contribution in [0, 0.1) is 6.92 Å². The summed E-state index contributed by atoms with van der Waals surface area (Å²) in [5, 5.41) is -0.650. The number of fused-ring (bicyclic) bond motifs is 1. The molecule has 2 rings (SSSR count). The molecule has 0 radical (unpaired) electrons. The van der Waals surface area contributed by atoms with E-state index >= 15 is 0 Å². The number of aryl methyl sites for hydroxylation is 3. The van der Waals surface area contributed by atoms with E-state index in [4.69, 9.17) is 4.55 Å². The smallest absolute Gasteiger partial charge is 0.322 e. The van der Waals surface area contributed by atoms with E-state index in [9.17, 15) is 18.0 Å². The lowest BCUT2D eigenvalue weighted by molar-refractivity contribution is 0.461. The van der Waals surface area contributed by atoms with E-state index in [0.29, 0.717) is 17.6 Å². The van der Waals surface area contributed by atoms with Gasteiger partial charge in [-0.2, -0.15) is 8.42 Å². The van der Waals surface area contributed by atoms with Crippen LogP contribution in [0.1, 0.15) is 103 Å². The predicted molar refractivity (Wildman–Crippen MR) is 136 cm³/mol. The molecule has 0 saturated carbocycles. The maximum absolute atomic E-state index is 12.2. The molecule has 10 heteroatoms. The summed E-state index contributed by atoms with van der Waals surface area (Å²) in [7, 11) is -2.25. The highest BCUT2D eigenvalue weighted by Crippen LogP contribution is 2.16. The maximum atomic E-state index is 12.2. The molecular formula is C24H42N4O5S. The van der Waals surface area contributed by atoms with E-state index in [1.54, 1.807) is 14.0 Å². The van der Waals surface area contributed by atoms with Crippen LogP contribution in [0.2, 0.25) is 0 Å². The Bertz CT molecular complexity index is 1120. The summed E-state index contributed by atoms with van der Waals surface area (Å²) in [5.41, 5.74) is 0.112. The Kier molecular flexibility index (Phi) is 11.5. The highest BCUT2D eigenvalue weighted by atomic mass is 32.2. The monoisotopic (exact) mass is 498 g/mol. The van der Waals surface area contributed by atoms with Gasteiger partial charge in [-0.15, -0.1) is 0 Å². The molecule has 2 aromatic rings. The number of hydrogen-bond acceptors (Lipinski definition) is 5. The van der Waals surface area contributed by atoms with Gasteiger partial charge in [-0.3, -0.25) is 18.9 Å². The second-order valence-electron chi connectivity index (χ2n) is 9.51. The van der Waals surface area contributed by atoms with Crippen LogP contribution < -0.4 is 11.2 Å². The first-order valence-corrected chi connectivity index (χ1v) is 14.3. The molecule has 0 fully saturated rings. The van der Waals surface area contributed by atoms with Gasteiger partial charge in [0.25, 0.3) is 15.7 Å². The average Bonchev–Trinajstić information content (AvgIpc) is 3.10. The van der Waals surface area contributed by atoms with Crippen molar-refractivity contribution >= 4 is 21.3 Å². The summed E-state index contributed by atoms with van der Waals surface area (Å²) in [6.45, 7) is 4.16. The van der Waals surface area contributed by atoms with Crippen molar-refractivity contribution in [1.29, 1.82) is 0 Å². The standard InChI is InChI=1S/C24H42N4O5S/c1-19(34(31,32)33)17-15-13-11-9-7-5-4-6-8-10-12-14-16-18-28-20(2)25-22-21(28)23(29)26-24(30)27(22)3/h19H,4-18H2,1-3H3,(H,26,29,30)(H,31,32,33). The van der Waals surface area contributed by atoms with E-state index in [2.05, 4.69) is 9.97 Å². The van der Waals surface area contributed by atoms with Crippen LogP contribution in [0.4, 0.5) is 0 Å². The SMILES string of the molecule is Cc1nc2c(c(=O)[nH]c(=O)n2C)n1CCCCCCCCCCCCCCCC(C)S(=O)(=O)O. The minimum absolute atomic E-state index is 0.370. The number of H-pyrrole nitrogens is 1. The fourth-order valence-corrected chi connectivity index (χ4v) is 4.88. The van der Waals surface area contributed by atoms with E-state index in [1.807, 2.05) is 11.5 Å². The van der Waals surface area contributed by atoms with Gasteiger partial charge in [-0.1, -0.05) is 77.0 Å². The third-order valence-electron chi connectivity index (χ3n) is 6.70. The van der Waals surface area contributed by atoms with Crippen molar-refractivity contribution in [2.75, 3.05) is 0 Å². The van der Waals surface area contributed by atoms with E-state index in [0.717, 1.165) is 44.5 Å². The Morgan fingerprint density at radius 3 is 1.85 bits per heavy atom. The number of aromatic amines is 1. The number of unbranched alkanes of at least 4 members (excludes halogenated alkanes) is 12. The molecule has 0 saturated heterocycles. The number of nitrogens with one attached hydrogen (secondary N) is 1. The molecule has 194 valence electrons. The zero-order valence-corrected chi connectivity index (χ0v) is 21.8. The van der Waals surface area contributed by atoms with Gasteiger partial charge in [-0.05, 0) is 26.7 Å². The largest absolute Gasteiger partial charge is 0.329 e. The van der Waals surface area contributed by atoms with Crippen LogP contribution in [0.15, 0.2) is 9.59 Å². The molecule has 1 unspecified atom stereocenters. The van der Waals surface area contributed by atoms with Gasteiger partial charge in [-0.25, -0.2) is 9.78 Å². The van der Waals surface area contributed by atoms with Crippen molar-refractivity contribution in [3.63, 3.8) is 0 Å². The number of imidazole rings is 1. The third kappa shape index (κ3) is 8.69. The normalized spacial score (nSPS) is 13.1. The lowest BCUT2D eigenvalue weighted by atomic mass is 10.0. The molecule has 0 aliphatic heterocycles. The molecular weight excluding hydrogens is 456 g/mol. The first-order chi connectivity index (χ1) is 16.1. The Labute approximate surface area is 202 Å². The average molecular weight is 499 g/mol. The van der Waals surface area contributed by atoms with Crippen molar-refractivity contribution < 1.29 is 13.0 Å². The predicted octanol–water partition coefficient (Wildman–Crippen LogP) is 4.47. The van der Waals surface area contributed by atoms with Gasteiger partial charge in [0.15, 0.2) is 11.2 Å². The Morgan fingerprint density at radius 1 is 0.882 bits per heavy atom. The molecule has 0 aliphatic rings. The van der Waals surface area contributed by atoms with Crippen LogP contribution in [0.3, 0.4) is 0 Å². The van der Waals surface area contributed by atoms with Gasteiger partial charge in [0.1, 0.15) is 5.82 Å². The van der Waals surface area contributed by atoms with Crippen molar-refractivity contribution in [3.8, 4) is 0 Å². The van der Waals surface area contributed by atoms with E-state index in [-0.39, 0.29) is 5.56 Å². The zero-order valence-electron chi connectivity index (χ0n) is 21.0. The molecule has 0 amide bonds. The van der Waals surface area contributed by atoms with Crippen LogP contribution >= 0.6 is 0 Å². The number of hydrogen-bond donors (Lipinski definition) is 2. The first kappa shape index (κ1) is 28.3. The summed E-state index contributed by atoms with van der Waals surface area (Å²) < 4.78 is 34.2. The van der Waals surface area contributed by atoms with Gasteiger partial charge >= 0.3 is 5.69 Å². The van der Waals surface area contributed by atoms with Gasteiger partial charge < -0.3 is 4.57 Å². The van der Waals surface area contributed by atoms with Crippen molar-refractivity contribution in [3.05, 3.63) is 26.7 Å². The molecule has 2 aromatic heterocycles. The van der Waals surface area contributed by atoms with Gasteiger partial charge in [0.05, 0.1) is 5.25 Å². The fraction of sp³-hybridized carbons (Fsp3) is 0.792. The molecule has 2 heterocycles. The second-order valence-corrected chi connectivity index (χ2v) is 11.3. The van der Waals surface area contributed by atoms with Gasteiger partial charge in [0.2, 0.25) is 0 Å². The number of aromatic nitrogens is 4. The Balaban J connectivity index is 1.48. The Morgan fingerprint density at radius 2 is 1.35 bits per heavy atom.